The molecule has 5 heteroatoms. The van der Waals surface area contributed by atoms with Crippen LogP contribution in [-0.2, 0) is 0 Å². The highest BCUT2D eigenvalue weighted by molar-refractivity contribution is 8.49. The number of benzene rings is 2. The first-order valence-corrected chi connectivity index (χ1v) is 10.2. The molecular formula is C20H22N2O2S. The van der Waals surface area contributed by atoms with E-state index >= 15 is 0 Å². The van der Waals surface area contributed by atoms with Crippen LogP contribution in [-0.4, -0.2) is 31.2 Å². The van der Waals surface area contributed by atoms with Crippen molar-refractivity contribution in [3.05, 3.63) is 71.4 Å². The first kappa shape index (κ1) is 17.5. The summed E-state index contributed by atoms with van der Waals surface area (Å²) >= 11 is 0. The van der Waals surface area contributed by atoms with E-state index in [9.17, 15) is 4.79 Å². The summed E-state index contributed by atoms with van der Waals surface area (Å²) in [7, 11) is -1.30. The van der Waals surface area contributed by atoms with Crippen LogP contribution in [0.15, 0.2) is 65.3 Å². The van der Waals surface area contributed by atoms with E-state index in [1.807, 2.05) is 23.7 Å². The summed E-state index contributed by atoms with van der Waals surface area (Å²) in [6, 6.07) is 17.5. The van der Waals surface area contributed by atoms with Gasteiger partial charge < -0.3 is 4.74 Å². The van der Waals surface area contributed by atoms with E-state index in [0.29, 0.717) is 12.2 Å². The predicted octanol–water partition coefficient (Wildman–Crippen LogP) is 4.25. The maximum absolute atomic E-state index is 10.7. The number of nitrogens with zero attached hydrogens (tertiary/aromatic N) is 1. The molecule has 0 saturated carbocycles. The third-order valence-electron chi connectivity index (χ3n) is 4.03. The first-order chi connectivity index (χ1) is 12.1. The van der Waals surface area contributed by atoms with Crippen molar-refractivity contribution in [1.82, 2.24) is 4.72 Å². The van der Waals surface area contributed by atoms with Crippen LogP contribution in [0.1, 0.15) is 22.8 Å². The van der Waals surface area contributed by atoms with E-state index in [1.54, 1.807) is 12.1 Å². The smallest absolute Gasteiger partial charge is 0.150 e. The summed E-state index contributed by atoms with van der Waals surface area (Å²) in [5.74, 6) is 0.766. The number of aldehydes is 1. The molecule has 130 valence electrons. The summed E-state index contributed by atoms with van der Waals surface area (Å²) in [4.78, 5) is 16.5. The lowest BCUT2D eigenvalue weighted by molar-refractivity contribution is 0.112. The quantitative estimate of drug-likeness (QED) is 0.597. The number of carbonyl (C=O) groups excluding carboxylic acids is 1. The Kier molecular flexibility index (Phi) is 5.36. The zero-order valence-corrected chi connectivity index (χ0v) is 15.3. The summed E-state index contributed by atoms with van der Waals surface area (Å²) < 4.78 is 9.38. The zero-order chi connectivity index (χ0) is 17.7. The van der Waals surface area contributed by atoms with Gasteiger partial charge in [0.2, 0.25) is 0 Å². The average Bonchev–Trinajstić information content (AvgIpc) is 2.95. The van der Waals surface area contributed by atoms with Crippen LogP contribution in [0.5, 0.6) is 5.75 Å². The van der Waals surface area contributed by atoms with Crippen molar-refractivity contribution < 1.29 is 9.53 Å². The lowest BCUT2D eigenvalue weighted by Crippen LogP contribution is -2.25. The molecule has 1 aliphatic heterocycles. The van der Waals surface area contributed by atoms with Crippen LogP contribution in [0.3, 0.4) is 0 Å². The molecule has 0 saturated heterocycles. The summed E-state index contributed by atoms with van der Waals surface area (Å²) in [5.41, 5.74) is 4.98. The molecule has 0 aliphatic carbocycles. The van der Waals surface area contributed by atoms with Crippen molar-refractivity contribution in [3.63, 3.8) is 0 Å². The third-order valence-corrected chi connectivity index (χ3v) is 6.74. The molecule has 1 N–H and O–H groups in total. The van der Waals surface area contributed by atoms with E-state index in [1.165, 1.54) is 10.5 Å². The first-order valence-electron chi connectivity index (χ1n) is 8.14. The molecule has 1 heterocycles. The summed E-state index contributed by atoms with van der Waals surface area (Å²) in [6.45, 7) is 3.33. The number of nitrogens with one attached hydrogen (secondary N) is 1. The van der Waals surface area contributed by atoms with Crippen molar-refractivity contribution in [3.8, 4) is 5.75 Å². The maximum atomic E-state index is 10.7. The van der Waals surface area contributed by atoms with Gasteiger partial charge in [-0.25, -0.2) is 0 Å². The van der Waals surface area contributed by atoms with Crippen LogP contribution in [0.2, 0.25) is 0 Å². The molecule has 0 amide bonds. The Morgan fingerprint density at radius 1 is 1.12 bits per heavy atom. The van der Waals surface area contributed by atoms with E-state index < -0.39 is 10.2 Å². The van der Waals surface area contributed by atoms with Crippen molar-refractivity contribution in [2.75, 3.05) is 19.4 Å². The van der Waals surface area contributed by atoms with Gasteiger partial charge in [0.15, 0.2) is 0 Å². The minimum Gasteiger partial charge on any atom is -0.492 e. The van der Waals surface area contributed by atoms with E-state index in [0.717, 1.165) is 24.3 Å². The topological polar surface area (TPSA) is 50.7 Å². The molecule has 2 aromatic rings. The highest BCUT2D eigenvalue weighted by Gasteiger charge is 2.28. The van der Waals surface area contributed by atoms with Gasteiger partial charge >= 0.3 is 0 Å². The van der Waals surface area contributed by atoms with Crippen molar-refractivity contribution >= 4 is 27.0 Å². The minimum absolute atomic E-state index is 0.554. The average molecular weight is 354 g/mol. The number of hydrogen-bond donors (Lipinski definition) is 1. The van der Waals surface area contributed by atoms with E-state index in [-0.39, 0.29) is 0 Å². The Balaban J connectivity index is 1.60. The lowest BCUT2D eigenvalue weighted by Gasteiger charge is -2.32. The molecule has 25 heavy (non-hydrogen) atoms. The van der Waals surface area contributed by atoms with Gasteiger partial charge in [-0.3, -0.25) is 14.5 Å². The third kappa shape index (κ3) is 4.00. The fourth-order valence-corrected chi connectivity index (χ4v) is 5.31. The largest absolute Gasteiger partial charge is 0.492 e. The molecular weight excluding hydrogens is 332 g/mol. The van der Waals surface area contributed by atoms with Crippen molar-refractivity contribution in [1.29, 1.82) is 0 Å². The van der Waals surface area contributed by atoms with Gasteiger partial charge in [0.05, 0.1) is 11.2 Å². The second-order valence-electron chi connectivity index (χ2n) is 5.93. The number of rotatable bonds is 7. The molecule has 1 aliphatic rings. The van der Waals surface area contributed by atoms with Crippen LogP contribution < -0.4 is 9.46 Å². The summed E-state index contributed by atoms with van der Waals surface area (Å²) in [6.07, 6.45) is 3.04. The molecule has 0 fully saturated rings. The highest BCUT2D eigenvalue weighted by atomic mass is 32.3. The molecule has 1 unspecified atom stereocenters. The fraction of sp³-hybridized carbons (Fsp3) is 0.200. The van der Waals surface area contributed by atoms with Crippen molar-refractivity contribution in [2.24, 2.45) is 4.99 Å². The monoisotopic (exact) mass is 354 g/mol. The molecule has 4 nitrogen and oxygen atoms in total. The SMILES string of the molecule is CC1=C(c2ccccc2)S(C)(NCCOc2ccc(C=O)cc2)C=N1. The molecule has 0 aromatic heterocycles. The molecule has 2 aromatic carbocycles. The van der Waals surface area contributed by atoms with Gasteiger partial charge in [-0.15, -0.1) is 10.2 Å². The Morgan fingerprint density at radius 3 is 2.52 bits per heavy atom. The minimum atomic E-state index is -1.30. The lowest BCUT2D eigenvalue weighted by atomic mass is 10.2. The van der Waals surface area contributed by atoms with Crippen LogP contribution >= 0.6 is 10.2 Å². The predicted molar refractivity (Wildman–Crippen MR) is 106 cm³/mol. The Bertz CT molecular complexity index is 800. The van der Waals surface area contributed by atoms with Crippen LogP contribution in [0.25, 0.3) is 4.91 Å². The molecule has 0 radical (unpaired) electrons. The van der Waals surface area contributed by atoms with Gasteiger partial charge in [-0.2, -0.15) is 0 Å². The van der Waals surface area contributed by atoms with E-state index in [2.05, 4.69) is 47.2 Å². The summed E-state index contributed by atoms with van der Waals surface area (Å²) in [5, 5.41) is 0. The van der Waals surface area contributed by atoms with E-state index in [4.69, 9.17) is 4.74 Å². The van der Waals surface area contributed by atoms with Crippen LogP contribution in [0, 0.1) is 0 Å². The second kappa shape index (κ2) is 7.68. The molecule has 3 rings (SSSR count). The van der Waals surface area contributed by atoms with Gasteiger partial charge in [0, 0.05) is 17.0 Å². The Morgan fingerprint density at radius 2 is 1.84 bits per heavy atom. The Labute approximate surface area is 150 Å². The van der Waals surface area contributed by atoms with Gasteiger partial charge in [-0.05, 0) is 43.0 Å². The number of carbonyl (C=O) groups is 1. The number of aliphatic imine (C=N–C) groups is 1. The maximum Gasteiger partial charge on any atom is 0.150 e. The van der Waals surface area contributed by atoms with Gasteiger partial charge in [-0.1, -0.05) is 30.3 Å². The van der Waals surface area contributed by atoms with Crippen LogP contribution in [0.4, 0.5) is 0 Å². The van der Waals surface area contributed by atoms with Crippen molar-refractivity contribution in [2.45, 2.75) is 6.92 Å². The number of allylic oxidation sites excluding steroid dienone is 1. The van der Waals surface area contributed by atoms with Gasteiger partial charge in [0.25, 0.3) is 0 Å². The standard InChI is InChI=1S/C20H22N2O2S/c1-16-20(18-6-4-3-5-7-18)25(2,15-21-16)22-12-13-24-19-10-8-17(14-23)9-11-19/h3-11,14-15,22H,12-13H2,1-2H3. The normalized spacial score (nSPS) is 21.8. The highest BCUT2D eigenvalue weighted by Crippen LogP contribution is 2.56. The molecule has 0 spiro atoms. The zero-order valence-electron chi connectivity index (χ0n) is 14.4. The number of hydrogen-bond acceptors (Lipinski definition) is 4. The Hall–Kier alpha value is -2.37. The number of ether oxygens (including phenoxy) is 1. The van der Waals surface area contributed by atoms with Gasteiger partial charge in [0.1, 0.15) is 18.6 Å². The molecule has 1 atom stereocenters. The second-order valence-corrected chi connectivity index (χ2v) is 8.80. The fourth-order valence-electron chi connectivity index (χ4n) is 2.82. The molecule has 0 bridgehead atoms.